The van der Waals surface area contributed by atoms with Gasteiger partial charge in [0.05, 0.1) is 0 Å². The molecular formula is C33H47F3N4O3. The second kappa shape index (κ2) is 15.3. The van der Waals surface area contributed by atoms with Crippen molar-refractivity contribution >= 4 is 23.5 Å². The fourth-order valence-electron chi connectivity index (χ4n) is 5.30. The van der Waals surface area contributed by atoms with Gasteiger partial charge >= 0.3 is 6.03 Å². The molecule has 0 radical (unpaired) electrons. The van der Waals surface area contributed by atoms with Gasteiger partial charge in [0, 0.05) is 31.1 Å². The number of anilines is 1. The van der Waals surface area contributed by atoms with Crippen LogP contribution in [0.5, 0.6) is 0 Å². The van der Waals surface area contributed by atoms with Gasteiger partial charge in [0.1, 0.15) is 17.9 Å². The third-order valence-electron chi connectivity index (χ3n) is 7.75. The Bertz CT molecular complexity index is 1190. The minimum absolute atomic E-state index is 0.0614. The summed E-state index contributed by atoms with van der Waals surface area (Å²) in [6, 6.07) is 3.59. The number of hydrogen-bond donors (Lipinski definition) is 2. The molecular weight excluding hydrogens is 557 g/mol. The van der Waals surface area contributed by atoms with E-state index >= 15 is 0 Å². The smallest absolute Gasteiger partial charge is 0.326 e. The zero-order valence-corrected chi connectivity index (χ0v) is 26.3. The highest BCUT2D eigenvalue weighted by Crippen LogP contribution is 2.34. The monoisotopic (exact) mass is 604 g/mol. The van der Waals surface area contributed by atoms with Gasteiger partial charge in [-0.25, -0.2) is 18.0 Å². The van der Waals surface area contributed by atoms with Gasteiger partial charge in [-0.15, -0.1) is 0 Å². The van der Waals surface area contributed by atoms with Crippen molar-refractivity contribution in [1.29, 1.82) is 0 Å². The van der Waals surface area contributed by atoms with E-state index in [9.17, 15) is 27.6 Å². The Balaban J connectivity index is 0.00000316. The molecule has 2 fully saturated rings. The average molecular weight is 605 g/mol. The normalized spacial score (nSPS) is 20.0. The van der Waals surface area contributed by atoms with Crippen LogP contribution in [0.4, 0.5) is 23.7 Å². The van der Waals surface area contributed by atoms with Crippen LogP contribution >= 0.6 is 0 Å². The van der Waals surface area contributed by atoms with Crippen molar-refractivity contribution in [3.8, 4) is 0 Å². The number of nitrogens with two attached hydrogens (primary N) is 1. The molecule has 1 saturated carbocycles. The van der Waals surface area contributed by atoms with Gasteiger partial charge in [0.15, 0.2) is 0 Å². The maximum atomic E-state index is 14.6. The van der Waals surface area contributed by atoms with Crippen molar-refractivity contribution in [2.45, 2.75) is 110 Å². The molecule has 10 heteroatoms. The van der Waals surface area contributed by atoms with E-state index in [0.717, 1.165) is 11.6 Å². The van der Waals surface area contributed by atoms with E-state index in [2.05, 4.69) is 11.9 Å². The molecule has 1 saturated heterocycles. The fraction of sp³-hybridized carbons (Fsp3) is 0.545. The number of nitrogens with one attached hydrogen (secondary N) is 1. The number of carbonyl (C=O) groups excluding carboxylic acids is 3. The van der Waals surface area contributed by atoms with E-state index in [4.69, 9.17) is 5.73 Å². The molecule has 2 atom stereocenters. The van der Waals surface area contributed by atoms with Crippen LogP contribution in [0.3, 0.4) is 0 Å². The highest BCUT2D eigenvalue weighted by molar-refractivity contribution is 6.03. The second-order valence-electron chi connectivity index (χ2n) is 11.8. The van der Waals surface area contributed by atoms with E-state index in [1.807, 2.05) is 46.8 Å². The molecule has 43 heavy (non-hydrogen) atoms. The number of allylic oxidation sites excluding steroid dienone is 3. The van der Waals surface area contributed by atoms with Gasteiger partial charge < -0.3 is 16.0 Å². The summed E-state index contributed by atoms with van der Waals surface area (Å²) in [4.78, 5) is 43.0. The van der Waals surface area contributed by atoms with Crippen molar-refractivity contribution in [2.75, 3.05) is 11.4 Å². The predicted molar refractivity (Wildman–Crippen MR) is 166 cm³/mol. The summed E-state index contributed by atoms with van der Waals surface area (Å²) in [6.07, 6.45) is 3.92. The summed E-state index contributed by atoms with van der Waals surface area (Å²) in [7, 11) is 0. The number of primary amides is 1. The maximum Gasteiger partial charge on any atom is 0.326 e. The third-order valence-corrected chi connectivity index (χ3v) is 7.75. The number of likely N-dealkylation sites (tertiary alicyclic amines) is 1. The lowest BCUT2D eigenvalue weighted by Gasteiger charge is -2.37. The minimum atomic E-state index is -2.79. The molecule has 0 bridgehead atoms. The molecule has 2 unspecified atom stereocenters. The third kappa shape index (κ3) is 9.21. The zero-order valence-electron chi connectivity index (χ0n) is 26.3. The summed E-state index contributed by atoms with van der Waals surface area (Å²) in [6.45, 7) is 15.6. The average Bonchev–Trinajstić information content (AvgIpc) is 3.47. The van der Waals surface area contributed by atoms with E-state index < -0.39 is 47.7 Å². The van der Waals surface area contributed by atoms with Gasteiger partial charge in [0.25, 0.3) is 0 Å². The van der Waals surface area contributed by atoms with Gasteiger partial charge in [-0.3, -0.25) is 14.5 Å². The van der Waals surface area contributed by atoms with E-state index in [1.54, 1.807) is 12.1 Å². The fourth-order valence-corrected chi connectivity index (χ4v) is 5.30. The molecule has 238 valence electrons. The van der Waals surface area contributed by atoms with Crippen LogP contribution in [0.2, 0.25) is 0 Å². The number of benzene rings is 1. The van der Waals surface area contributed by atoms with Crippen LogP contribution in [0.15, 0.2) is 60.5 Å². The number of halogens is 3. The van der Waals surface area contributed by atoms with Crippen molar-refractivity contribution < 1.29 is 27.6 Å². The lowest BCUT2D eigenvalue weighted by molar-refractivity contribution is -0.123. The van der Waals surface area contributed by atoms with Gasteiger partial charge in [-0.05, 0) is 67.4 Å². The highest BCUT2D eigenvalue weighted by atomic mass is 19.3. The molecule has 1 aromatic carbocycles. The van der Waals surface area contributed by atoms with Crippen molar-refractivity contribution in [1.82, 2.24) is 10.2 Å². The Morgan fingerprint density at radius 1 is 1.12 bits per heavy atom. The van der Waals surface area contributed by atoms with Crippen LogP contribution < -0.4 is 16.0 Å². The molecule has 0 spiro atoms. The summed E-state index contributed by atoms with van der Waals surface area (Å²) in [5, 5.41) is 2.82. The Morgan fingerprint density at radius 3 is 2.19 bits per heavy atom. The Kier molecular flexibility index (Phi) is 12.6. The number of urea groups is 1. The SMILES string of the molecule is C=C/C(=C\C(F)=C/C)C(C(=O)NC1CCC(F)(F)CC1)N(C(=O)N1CCCC1C(N)=O)c1ccc(C(C)(C)C)cc1.CC. The first-order valence-corrected chi connectivity index (χ1v) is 15.0. The van der Waals surface area contributed by atoms with Crippen LogP contribution in [0.25, 0.3) is 0 Å². The quantitative estimate of drug-likeness (QED) is 0.315. The van der Waals surface area contributed by atoms with Crippen LogP contribution in [0, 0.1) is 0 Å². The zero-order chi connectivity index (χ0) is 32.5. The summed E-state index contributed by atoms with van der Waals surface area (Å²) in [5.41, 5.74) is 6.81. The molecule has 1 aliphatic carbocycles. The highest BCUT2D eigenvalue weighted by Gasteiger charge is 2.42. The van der Waals surface area contributed by atoms with Gasteiger partial charge in [0.2, 0.25) is 17.7 Å². The van der Waals surface area contributed by atoms with Crippen molar-refractivity contribution in [3.05, 3.63) is 66.0 Å². The first-order chi connectivity index (χ1) is 20.2. The minimum Gasteiger partial charge on any atom is -0.368 e. The predicted octanol–water partition coefficient (Wildman–Crippen LogP) is 6.93. The lowest BCUT2D eigenvalue weighted by atomic mass is 9.87. The number of alkyl halides is 2. The van der Waals surface area contributed by atoms with Gasteiger partial charge in [-0.1, -0.05) is 65.5 Å². The standard InChI is InChI=1S/C31H41F3N4O3.C2H6/c1-6-20(19-22(32)7-2)26(28(40)36-23-14-16-31(33,34)17-15-23)38(24-12-10-21(11-13-24)30(3,4)5)29(41)37-18-8-9-25(37)27(35)39;1-2/h6-7,10-13,19,23,25-26H,1,8-9,14-18H2,2-5H3,(H2,35,39)(H,36,40);1-2H3/b20-19+,22-7+;. The van der Waals surface area contributed by atoms with Crippen molar-refractivity contribution in [2.24, 2.45) is 5.73 Å². The number of rotatable bonds is 8. The Hall–Kier alpha value is -3.56. The summed E-state index contributed by atoms with van der Waals surface area (Å²) >= 11 is 0. The largest absolute Gasteiger partial charge is 0.368 e. The van der Waals surface area contributed by atoms with Gasteiger partial charge in [-0.2, -0.15) is 0 Å². The van der Waals surface area contributed by atoms with E-state index in [-0.39, 0.29) is 43.2 Å². The summed E-state index contributed by atoms with van der Waals surface area (Å²) < 4.78 is 42.2. The number of amides is 4. The molecule has 3 rings (SSSR count). The molecule has 1 aliphatic heterocycles. The molecule has 4 amide bonds. The molecule has 3 N–H and O–H groups in total. The van der Waals surface area contributed by atoms with Crippen LogP contribution in [-0.2, 0) is 15.0 Å². The Morgan fingerprint density at radius 2 is 1.70 bits per heavy atom. The molecule has 7 nitrogen and oxygen atoms in total. The van der Waals surface area contributed by atoms with Crippen molar-refractivity contribution in [3.63, 3.8) is 0 Å². The number of hydrogen-bond acceptors (Lipinski definition) is 3. The second-order valence-corrected chi connectivity index (χ2v) is 11.8. The molecule has 0 aromatic heterocycles. The molecule has 1 aromatic rings. The number of carbonyl (C=O) groups is 3. The van der Waals surface area contributed by atoms with Crippen LogP contribution in [-0.4, -0.2) is 53.3 Å². The topological polar surface area (TPSA) is 95.7 Å². The maximum absolute atomic E-state index is 14.6. The first-order valence-electron chi connectivity index (χ1n) is 15.0. The summed E-state index contributed by atoms with van der Waals surface area (Å²) in [5.74, 6) is -4.78. The Labute approximate surface area is 254 Å². The molecule has 2 aliphatic rings. The van der Waals surface area contributed by atoms with E-state index in [0.29, 0.717) is 18.5 Å². The molecule has 1 heterocycles. The first kappa shape index (κ1) is 35.6. The number of nitrogens with zero attached hydrogens (tertiary/aromatic N) is 2. The lowest BCUT2D eigenvalue weighted by Crippen LogP contribution is -2.58. The van der Waals surface area contributed by atoms with E-state index in [1.165, 1.54) is 28.9 Å². The van der Waals surface area contributed by atoms with Crippen LogP contribution in [0.1, 0.15) is 85.6 Å².